The summed E-state index contributed by atoms with van der Waals surface area (Å²) in [6.07, 6.45) is 1.08. The number of hydrogen-bond acceptors (Lipinski definition) is 5. The first-order valence-electron chi connectivity index (χ1n) is 5.28. The van der Waals surface area contributed by atoms with Crippen LogP contribution in [-0.2, 0) is 16.6 Å². The van der Waals surface area contributed by atoms with Crippen LogP contribution in [0.3, 0.4) is 0 Å². The number of nitrogens with one attached hydrogen (secondary N) is 2. The predicted molar refractivity (Wildman–Crippen MR) is 67.6 cm³/mol. The molecule has 0 saturated heterocycles. The van der Waals surface area contributed by atoms with Crippen molar-refractivity contribution in [2.75, 3.05) is 19.3 Å². The van der Waals surface area contributed by atoms with Crippen molar-refractivity contribution in [1.29, 1.82) is 0 Å². The summed E-state index contributed by atoms with van der Waals surface area (Å²) in [7, 11) is -3.19. The maximum absolute atomic E-state index is 10.8. The highest BCUT2D eigenvalue weighted by molar-refractivity contribution is 7.88. The highest BCUT2D eigenvalue weighted by atomic mass is 32.2. The van der Waals surface area contributed by atoms with Crippen LogP contribution in [0.5, 0.6) is 0 Å². The second-order valence-electron chi connectivity index (χ2n) is 3.73. The van der Waals surface area contributed by atoms with E-state index in [0.29, 0.717) is 18.7 Å². The Labute approximate surface area is 105 Å². The largest absolute Gasteiger partial charge is 0.311 e. The molecule has 0 radical (unpaired) electrons. The lowest BCUT2D eigenvalue weighted by atomic mass is 10.2. The molecule has 0 fully saturated rings. The average Bonchev–Trinajstić information content (AvgIpc) is 2.27. The van der Waals surface area contributed by atoms with Crippen molar-refractivity contribution >= 4 is 15.7 Å². The number of nitro groups is 1. The molecule has 0 amide bonds. The Morgan fingerprint density at radius 2 is 1.94 bits per heavy atom. The van der Waals surface area contributed by atoms with E-state index in [1.807, 2.05) is 0 Å². The van der Waals surface area contributed by atoms with Gasteiger partial charge in [-0.05, 0) is 0 Å². The zero-order valence-corrected chi connectivity index (χ0v) is 10.7. The zero-order valence-electron chi connectivity index (χ0n) is 9.92. The van der Waals surface area contributed by atoms with Crippen LogP contribution in [0.4, 0.5) is 5.69 Å². The van der Waals surface area contributed by atoms with E-state index in [9.17, 15) is 18.5 Å². The Morgan fingerprint density at radius 1 is 1.28 bits per heavy atom. The number of para-hydroxylation sites is 1. The molecule has 0 aliphatic rings. The molecule has 2 N–H and O–H groups in total. The third-order valence-corrected chi connectivity index (χ3v) is 2.90. The van der Waals surface area contributed by atoms with Crippen LogP contribution < -0.4 is 10.0 Å². The fraction of sp³-hybridized carbons (Fsp3) is 0.400. The number of rotatable bonds is 7. The van der Waals surface area contributed by atoms with Crippen molar-refractivity contribution in [3.05, 3.63) is 39.9 Å². The first kappa shape index (κ1) is 14.6. The van der Waals surface area contributed by atoms with Crippen LogP contribution >= 0.6 is 0 Å². The van der Waals surface area contributed by atoms with Crippen LogP contribution in [0.1, 0.15) is 5.56 Å². The third kappa shape index (κ3) is 5.21. The van der Waals surface area contributed by atoms with Crippen LogP contribution in [0.25, 0.3) is 0 Å². The van der Waals surface area contributed by atoms with Gasteiger partial charge in [0, 0.05) is 31.3 Å². The summed E-state index contributed by atoms with van der Waals surface area (Å²) in [6.45, 7) is 0.973. The summed E-state index contributed by atoms with van der Waals surface area (Å²) >= 11 is 0. The quantitative estimate of drug-likeness (QED) is 0.421. The van der Waals surface area contributed by atoms with Gasteiger partial charge in [-0.25, -0.2) is 13.1 Å². The highest BCUT2D eigenvalue weighted by Crippen LogP contribution is 2.16. The minimum atomic E-state index is -3.19. The van der Waals surface area contributed by atoms with Gasteiger partial charge in [0.25, 0.3) is 5.69 Å². The van der Waals surface area contributed by atoms with Gasteiger partial charge in [0.15, 0.2) is 0 Å². The van der Waals surface area contributed by atoms with Gasteiger partial charge in [-0.15, -0.1) is 0 Å². The third-order valence-electron chi connectivity index (χ3n) is 2.17. The summed E-state index contributed by atoms with van der Waals surface area (Å²) in [6, 6.07) is 6.42. The Kier molecular flexibility index (Phi) is 5.20. The van der Waals surface area contributed by atoms with Crippen molar-refractivity contribution in [2.45, 2.75) is 6.54 Å². The molecule has 1 aromatic rings. The number of benzene rings is 1. The lowest BCUT2D eigenvalue weighted by Crippen LogP contribution is -2.30. The van der Waals surface area contributed by atoms with Gasteiger partial charge in [-0.3, -0.25) is 10.1 Å². The predicted octanol–water partition coefficient (Wildman–Crippen LogP) is 0.234. The topological polar surface area (TPSA) is 101 Å². The van der Waals surface area contributed by atoms with Crippen molar-refractivity contribution < 1.29 is 13.3 Å². The van der Waals surface area contributed by atoms with E-state index in [1.165, 1.54) is 6.07 Å². The van der Waals surface area contributed by atoms with Crippen molar-refractivity contribution in [2.24, 2.45) is 0 Å². The summed E-state index contributed by atoms with van der Waals surface area (Å²) in [5.74, 6) is 0. The summed E-state index contributed by atoms with van der Waals surface area (Å²) in [5, 5.41) is 13.7. The van der Waals surface area contributed by atoms with E-state index in [2.05, 4.69) is 10.0 Å². The normalized spacial score (nSPS) is 11.4. The molecular formula is C10H15N3O4S. The average molecular weight is 273 g/mol. The van der Waals surface area contributed by atoms with Gasteiger partial charge in [-0.1, -0.05) is 18.2 Å². The maximum Gasteiger partial charge on any atom is 0.273 e. The molecule has 0 saturated carbocycles. The van der Waals surface area contributed by atoms with Crippen LogP contribution in [0, 0.1) is 10.1 Å². The molecule has 0 aliphatic heterocycles. The molecule has 0 unspecified atom stereocenters. The Balaban J connectivity index is 2.42. The molecule has 7 nitrogen and oxygen atoms in total. The van der Waals surface area contributed by atoms with Gasteiger partial charge in [0.1, 0.15) is 0 Å². The van der Waals surface area contributed by atoms with E-state index in [-0.39, 0.29) is 12.2 Å². The fourth-order valence-corrected chi connectivity index (χ4v) is 1.86. The summed E-state index contributed by atoms with van der Waals surface area (Å²) in [4.78, 5) is 10.3. The molecule has 18 heavy (non-hydrogen) atoms. The molecule has 1 aromatic carbocycles. The molecule has 0 aliphatic carbocycles. The lowest BCUT2D eigenvalue weighted by Gasteiger charge is -2.06. The molecule has 0 spiro atoms. The standard InChI is InChI=1S/C10H15N3O4S/c1-18(16,17)12-7-6-11-8-9-4-2-3-5-10(9)13(14)15/h2-5,11-12H,6-8H2,1H3. The van der Waals surface area contributed by atoms with Gasteiger partial charge in [0.05, 0.1) is 11.2 Å². The molecule has 100 valence electrons. The maximum atomic E-state index is 10.8. The smallest absolute Gasteiger partial charge is 0.273 e. The number of hydrogen-bond donors (Lipinski definition) is 2. The summed E-state index contributed by atoms with van der Waals surface area (Å²) in [5.41, 5.74) is 0.628. The minimum absolute atomic E-state index is 0.0565. The molecular weight excluding hydrogens is 258 g/mol. The molecule has 0 bridgehead atoms. The van der Waals surface area contributed by atoms with Crippen LogP contribution in [0.15, 0.2) is 24.3 Å². The first-order chi connectivity index (χ1) is 8.40. The lowest BCUT2D eigenvalue weighted by molar-refractivity contribution is -0.385. The van der Waals surface area contributed by atoms with Gasteiger partial charge in [-0.2, -0.15) is 0 Å². The monoisotopic (exact) mass is 273 g/mol. The fourth-order valence-electron chi connectivity index (χ4n) is 1.39. The van der Waals surface area contributed by atoms with E-state index in [0.717, 1.165) is 6.26 Å². The van der Waals surface area contributed by atoms with Gasteiger partial charge < -0.3 is 5.32 Å². The Hall–Kier alpha value is -1.51. The second kappa shape index (κ2) is 6.43. The molecule has 0 aromatic heterocycles. The van der Waals surface area contributed by atoms with Crippen LogP contribution in [0.2, 0.25) is 0 Å². The SMILES string of the molecule is CS(=O)(=O)NCCNCc1ccccc1[N+](=O)[O-]. The Morgan fingerprint density at radius 3 is 2.56 bits per heavy atom. The number of nitro benzene ring substituents is 1. The Bertz CT molecular complexity index is 516. The number of nitrogens with zero attached hydrogens (tertiary/aromatic N) is 1. The second-order valence-corrected chi connectivity index (χ2v) is 5.56. The minimum Gasteiger partial charge on any atom is -0.311 e. The van der Waals surface area contributed by atoms with Crippen molar-refractivity contribution in [1.82, 2.24) is 10.0 Å². The van der Waals surface area contributed by atoms with Crippen molar-refractivity contribution in [3.63, 3.8) is 0 Å². The van der Waals surface area contributed by atoms with Crippen molar-refractivity contribution in [3.8, 4) is 0 Å². The zero-order chi connectivity index (χ0) is 13.6. The highest BCUT2D eigenvalue weighted by Gasteiger charge is 2.11. The van der Waals surface area contributed by atoms with E-state index in [1.54, 1.807) is 18.2 Å². The van der Waals surface area contributed by atoms with Gasteiger partial charge in [0.2, 0.25) is 10.0 Å². The first-order valence-corrected chi connectivity index (χ1v) is 7.17. The van der Waals surface area contributed by atoms with Crippen LogP contribution in [-0.4, -0.2) is 32.7 Å². The molecule has 0 atom stereocenters. The summed E-state index contributed by atoms with van der Waals surface area (Å²) < 4.78 is 23.9. The van der Waals surface area contributed by atoms with E-state index >= 15 is 0 Å². The van der Waals surface area contributed by atoms with E-state index in [4.69, 9.17) is 0 Å². The van der Waals surface area contributed by atoms with E-state index < -0.39 is 14.9 Å². The molecule has 0 heterocycles. The number of sulfonamides is 1. The molecule has 1 rings (SSSR count). The van der Waals surface area contributed by atoms with Gasteiger partial charge >= 0.3 is 0 Å². The molecule has 8 heteroatoms.